The summed E-state index contributed by atoms with van der Waals surface area (Å²) in [6.07, 6.45) is -0.00578. The molecule has 0 aliphatic heterocycles. The molecule has 1 aromatic carbocycles. The molecular formula is C15H23NO4. The lowest BCUT2D eigenvalue weighted by Crippen LogP contribution is -2.33. The number of ether oxygens (including phenoxy) is 2. The molecule has 0 saturated carbocycles. The molecule has 0 saturated heterocycles. The van der Waals surface area contributed by atoms with Crippen molar-refractivity contribution in [1.82, 2.24) is 5.32 Å². The fourth-order valence-electron chi connectivity index (χ4n) is 2.14. The summed E-state index contributed by atoms with van der Waals surface area (Å²) >= 11 is 0. The second-order valence-electron chi connectivity index (χ2n) is 4.70. The second-order valence-corrected chi connectivity index (χ2v) is 4.70. The van der Waals surface area contributed by atoms with Crippen molar-refractivity contribution >= 4 is 5.97 Å². The predicted molar refractivity (Wildman–Crippen MR) is 76.8 cm³/mol. The van der Waals surface area contributed by atoms with Crippen molar-refractivity contribution in [2.24, 2.45) is 0 Å². The number of hydrogen-bond acceptors (Lipinski definition) is 5. The molecule has 20 heavy (non-hydrogen) atoms. The Labute approximate surface area is 119 Å². The van der Waals surface area contributed by atoms with E-state index in [0.29, 0.717) is 12.2 Å². The number of carbonyl (C=O) groups excluding carboxylic acids is 1. The lowest BCUT2D eigenvalue weighted by Gasteiger charge is -2.24. The van der Waals surface area contributed by atoms with E-state index in [2.05, 4.69) is 10.1 Å². The Hall–Kier alpha value is -1.59. The molecule has 1 aromatic rings. The van der Waals surface area contributed by atoms with Gasteiger partial charge in [-0.05, 0) is 32.5 Å². The van der Waals surface area contributed by atoms with Gasteiger partial charge in [0, 0.05) is 18.0 Å². The van der Waals surface area contributed by atoms with Gasteiger partial charge >= 0.3 is 5.97 Å². The van der Waals surface area contributed by atoms with Crippen LogP contribution in [0.4, 0.5) is 0 Å². The zero-order valence-electron chi connectivity index (χ0n) is 12.5. The average molecular weight is 281 g/mol. The third-order valence-corrected chi connectivity index (χ3v) is 3.34. The van der Waals surface area contributed by atoms with Crippen LogP contribution in [0.1, 0.15) is 30.1 Å². The van der Waals surface area contributed by atoms with Crippen LogP contribution in [0.3, 0.4) is 0 Å². The highest BCUT2D eigenvalue weighted by molar-refractivity contribution is 5.69. The highest BCUT2D eigenvalue weighted by Gasteiger charge is 2.23. The molecule has 1 rings (SSSR count). The third-order valence-electron chi connectivity index (χ3n) is 3.34. The molecule has 0 bridgehead atoms. The van der Waals surface area contributed by atoms with Crippen LogP contribution >= 0.6 is 0 Å². The number of esters is 1. The van der Waals surface area contributed by atoms with Crippen molar-refractivity contribution in [3.8, 4) is 5.75 Å². The molecule has 2 unspecified atom stereocenters. The van der Waals surface area contributed by atoms with Gasteiger partial charge in [-0.1, -0.05) is 11.6 Å². The summed E-state index contributed by atoms with van der Waals surface area (Å²) in [5.41, 5.74) is 1.76. The summed E-state index contributed by atoms with van der Waals surface area (Å²) in [6.45, 7) is 1.96. The molecule has 0 aromatic heterocycles. The fraction of sp³-hybridized carbons (Fsp3) is 0.533. The minimum Gasteiger partial charge on any atom is -0.496 e. The van der Waals surface area contributed by atoms with Crippen molar-refractivity contribution < 1.29 is 19.4 Å². The molecule has 5 heteroatoms. The average Bonchev–Trinajstić information content (AvgIpc) is 2.47. The Balaban J connectivity index is 2.87. The van der Waals surface area contributed by atoms with Gasteiger partial charge in [-0.2, -0.15) is 0 Å². The van der Waals surface area contributed by atoms with Gasteiger partial charge in [0.1, 0.15) is 5.75 Å². The van der Waals surface area contributed by atoms with Gasteiger partial charge in [-0.15, -0.1) is 0 Å². The highest BCUT2D eigenvalue weighted by atomic mass is 16.5. The van der Waals surface area contributed by atoms with Crippen molar-refractivity contribution in [1.29, 1.82) is 0 Å². The quantitative estimate of drug-likeness (QED) is 0.743. The summed E-state index contributed by atoms with van der Waals surface area (Å²) in [5.74, 6) is 0.357. The minimum absolute atomic E-state index is 0.246. The number of carbonyl (C=O) groups is 1. The molecule has 0 aliphatic carbocycles. The van der Waals surface area contributed by atoms with Gasteiger partial charge in [0.25, 0.3) is 0 Å². The number of benzene rings is 1. The normalized spacial score (nSPS) is 13.7. The number of nitrogens with one attached hydrogen (secondary N) is 1. The summed E-state index contributed by atoms with van der Waals surface area (Å²) in [5, 5.41) is 13.5. The van der Waals surface area contributed by atoms with E-state index in [4.69, 9.17) is 4.74 Å². The van der Waals surface area contributed by atoms with Crippen molar-refractivity contribution in [2.75, 3.05) is 21.3 Å². The summed E-state index contributed by atoms with van der Waals surface area (Å²) in [7, 11) is 4.69. The topological polar surface area (TPSA) is 67.8 Å². The Morgan fingerprint density at radius 1 is 1.40 bits per heavy atom. The summed E-state index contributed by atoms with van der Waals surface area (Å²) < 4.78 is 9.91. The third kappa shape index (κ3) is 4.21. The van der Waals surface area contributed by atoms with E-state index in [-0.39, 0.29) is 18.4 Å². The van der Waals surface area contributed by atoms with Gasteiger partial charge in [0.2, 0.25) is 0 Å². The number of methoxy groups -OCH3 is 2. The van der Waals surface area contributed by atoms with Gasteiger partial charge < -0.3 is 19.9 Å². The van der Waals surface area contributed by atoms with E-state index < -0.39 is 6.10 Å². The first-order valence-electron chi connectivity index (χ1n) is 6.60. The van der Waals surface area contributed by atoms with Crippen molar-refractivity contribution in [3.63, 3.8) is 0 Å². The predicted octanol–water partition coefficient (Wildman–Crippen LogP) is 1.58. The van der Waals surface area contributed by atoms with E-state index in [1.54, 1.807) is 14.2 Å². The summed E-state index contributed by atoms with van der Waals surface area (Å²) in [6, 6.07) is 5.41. The number of likely N-dealkylation sites (N-methyl/N-ethyl adjacent to an activating group) is 1. The number of rotatable bonds is 7. The number of aryl methyl sites for hydroxylation is 1. The lowest BCUT2D eigenvalue weighted by molar-refractivity contribution is -0.140. The zero-order valence-corrected chi connectivity index (χ0v) is 12.5. The molecule has 0 aliphatic rings. The highest BCUT2D eigenvalue weighted by Crippen LogP contribution is 2.29. The maximum Gasteiger partial charge on any atom is 0.305 e. The van der Waals surface area contributed by atoms with Crippen LogP contribution in [-0.4, -0.2) is 38.4 Å². The molecule has 0 fully saturated rings. The monoisotopic (exact) mass is 281 g/mol. The van der Waals surface area contributed by atoms with Gasteiger partial charge in [-0.3, -0.25) is 4.79 Å². The first kappa shape index (κ1) is 16.5. The van der Waals surface area contributed by atoms with E-state index >= 15 is 0 Å². The first-order valence-corrected chi connectivity index (χ1v) is 6.60. The van der Waals surface area contributed by atoms with Crippen LogP contribution in [0.15, 0.2) is 18.2 Å². The standard InChI is InChI=1S/C15H23NO4/c1-10-5-7-13(19-3)11(9-10)15(18)12(16-2)6-8-14(17)20-4/h5,7,9,12,15-16,18H,6,8H2,1-4H3. The number of aliphatic hydroxyl groups excluding tert-OH is 1. The van der Waals surface area contributed by atoms with Crippen LogP contribution in [0.2, 0.25) is 0 Å². The van der Waals surface area contributed by atoms with Gasteiger partial charge in [-0.25, -0.2) is 0 Å². The molecule has 0 amide bonds. The second kappa shape index (κ2) is 7.87. The number of aliphatic hydroxyl groups is 1. The molecular weight excluding hydrogens is 258 g/mol. The minimum atomic E-state index is -0.750. The van der Waals surface area contributed by atoms with Crippen molar-refractivity contribution in [2.45, 2.75) is 31.9 Å². The van der Waals surface area contributed by atoms with Gasteiger partial charge in [0.05, 0.1) is 20.3 Å². The molecule has 5 nitrogen and oxygen atoms in total. The van der Waals surface area contributed by atoms with E-state index in [1.165, 1.54) is 7.11 Å². The largest absolute Gasteiger partial charge is 0.496 e. The van der Waals surface area contributed by atoms with Crippen LogP contribution in [-0.2, 0) is 9.53 Å². The molecule has 2 N–H and O–H groups in total. The smallest absolute Gasteiger partial charge is 0.305 e. The molecule has 0 spiro atoms. The SMILES string of the molecule is CNC(CCC(=O)OC)C(O)c1cc(C)ccc1OC. The first-order chi connectivity index (χ1) is 9.53. The van der Waals surface area contributed by atoms with Crippen LogP contribution in [0, 0.1) is 6.92 Å². The lowest BCUT2D eigenvalue weighted by atomic mass is 9.96. The van der Waals surface area contributed by atoms with Gasteiger partial charge in [0.15, 0.2) is 0 Å². The van der Waals surface area contributed by atoms with Crippen molar-refractivity contribution in [3.05, 3.63) is 29.3 Å². The molecule has 2 atom stereocenters. The molecule has 0 heterocycles. The Kier molecular flexibility index (Phi) is 6.48. The molecule has 0 radical (unpaired) electrons. The van der Waals surface area contributed by atoms with Crippen LogP contribution in [0.5, 0.6) is 5.75 Å². The summed E-state index contributed by atoms with van der Waals surface area (Å²) in [4.78, 5) is 11.2. The van der Waals surface area contributed by atoms with E-state index in [1.807, 2.05) is 25.1 Å². The maximum absolute atomic E-state index is 11.2. The maximum atomic E-state index is 11.2. The number of hydrogen-bond donors (Lipinski definition) is 2. The van der Waals surface area contributed by atoms with E-state index in [0.717, 1.165) is 11.1 Å². The van der Waals surface area contributed by atoms with Crippen LogP contribution in [0.25, 0.3) is 0 Å². The zero-order chi connectivity index (χ0) is 15.1. The van der Waals surface area contributed by atoms with E-state index in [9.17, 15) is 9.90 Å². The Bertz CT molecular complexity index is 447. The Morgan fingerprint density at radius 2 is 2.10 bits per heavy atom. The molecule has 112 valence electrons. The Morgan fingerprint density at radius 3 is 2.65 bits per heavy atom. The fourth-order valence-corrected chi connectivity index (χ4v) is 2.14. The van der Waals surface area contributed by atoms with Crippen LogP contribution < -0.4 is 10.1 Å².